The second kappa shape index (κ2) is 5.77. The highest BCUT2D eigenvalue weighted by molar-refractivity contribution is 6.30. The maximum absolute atomic E-state index is 6.31. The van der Waals surface area contributed by atoms with E-state index in [9.17, 15) is 0 Å². The summed E-state index contributed by atoms with van der Waals surface area (Å²) < 4.78 is 0. The number of rotatable bonds is 3. The van der Waals surface area contributed by atoms with Crippen LogP contribution in [-0.4, -0.2) is 0 Å². The smallest absolute Gasteiger partial charge is 0.0409 e. The second-order valence-electron chi connectivity index (χ2n) is 5.24. The molecule has 0 saturated carbocycles. The maximum Gasteiger partial charge on any atom is 0.0409 e. The Labute approximate surface area is 120 Å². The molecule has 0 aliphatic heterocycles. The summed E-state index contributed by atoms with van der Waals surface area (Å²) in [4.78, 5) is 0. The predicted octanol–water partition coefficient (Wildman–Crippen LogP) is 4.51. The van der Waals surface area contributed by atoms with E-state index in [0.717, 1.165) is 17.0 Å². The molecule has 2 N–H and O–H groups in total. The quantitative estimate of drug-likeness (QED) is 0.875. The third kappa shape index (κ3) is 3.37. The molecule has 1 atom stereocenters. The Morgan fingerprint density at radius 2 is 1.68 bits per heavy atom. The van der Waals surface area contributed by atoms with Crippen LogP contribution in [-0.2, 0) is 6.42 Å². The number of aryl methyl sites for hydroxylation is 3. The fourth-order valence-corrected chi connectivity index (χ4v) is 2.81. The average molecular weight is 274 g/mol. The number of hydrogen-bond donors (Lipinski definition) is 1. The van der Waals surface area contributed by atoms with Crippen LogP contribution in [0.4, 0.5) is 0 Å². The Hall–Kier alpha value is -1.31. The van der Waals surface area contributed by atoms with Crippen molar-refractivity contribution >= 4 is 11.6 Å². The Bertz CT molecular complexity index is 567. The second-order valence-corrected chi connectivity index (χ2v) is 5.68. The fraction of sp³-hybridized carbons (Fsp3) is 0.294. The molecular weight excluding hydrogens is 254 g/mol. The van der Waals surface area contributed by atoms with E-state index in [1.807, 2.05) is 24.3 Å². The van der Waals surface area contributed by atoms with Crippen molar-refractivity contribution in [2.45, 2.75) is 33.2 Å². The van der Waals surface area contributed by atoms with E-state index in [0.29, 0.717) is 0 Å². The van der Waals surface area contributed by atoms with E-state index in [2.05, 4.69) is 32.9 Å². The van der Waals surface area contributed by atoms with E-state index >= 15 is 0 Å². The summed E-state index contributed by atoms with van der Waals surface area (Å²) in [7, 11) is 0. The third-order valence-electron chi connectivity index (χ3n) is 3.54. The van der Waals surface area contributed by atoms with Gasteiger partial charge in [0.2, 0.25) is 0 Å². The van der Waals surface area contributed by atoms with Crippen molar-refractivity contribution in [1.82, 2.24) is 0 Å². The van der Waals surface area contributed by atoms with Gasteiger partial charge in [0.1, 0.15) is 0 Å². The Kier molecular flexibility index (Phi) is 4.28. The van der Waals surface area contributed by atoms with E-state index in [-0.39, 0.29) is 6.04 Å². The molecule has 2 heteroatoms. The van der Waals surface area contributed by atoms with Gasteiger partial charge in [-0.3, -0.25) is 0 Å². The molecular formula is C17H20ClN. The van der Waals surface area contributed by atoms with Crippen LogP contribution < -0.4 is 5.73 Å². The summed E-state index contributed by atoms with van der Waals surface area (Å²) in [6, 6.07) is 12.2. The van der Waals surface area contributed by atoms with Crippen LogP contribution in [0.5, 0.6) is 0 Å². The van der Waals surface area contributed by atoms with Crippen molar-refractivity contribution in [2.75, 3.05) is 0 Å². The molecule has 0 aliphatic carbocycles. The van der Waals surface area contributed by atoms with Crippen molar-refractivity contribution < 1.29 is 0 Å². The molecule has 0 fully saturated rings. The molecule has 0 amide bonds. The van der Waals surface area contributed by atoms with Gasteiger partial charge in [0.05, 0.1) is 0 Å². The zero-order chi connectivity index (χ0) is 14.0. The van der Waals surface area contributed by atoms with E-state index in [4.69, 9.17) is 17.3 Å². The van der Waals surface area contributed by atoms with Gasteiger partial charge in [-0.2, -0.15) is 0 Å². The van der Waals surface area contributed by atoms with Crippen molar-refractivity contribution in [2.24, 2.45) is 5.73 Å². The van der Waals surface area contributed by atoms with E-state index in [1.54, 1.807) is 0 Å². The third-order valence-corrected chi connectivity index (χ3v) is 3.78. The normalized spacial score (nSPS) is 12.5. The summed E-state index contributed by atoms with van der Waals surface area (Å²) in [5.74, 6) is 0. The molecule has 2 aromatic carbocycles. The molecule has 19 heavy (non-hydrogen) atoms. The van der Waals surface area contributed by atoms with Gasteiger partial charge < -0.3 is 5.73 Å². The van der Waals surface area contributed by atoms with Crippen LogP contribution in [0.1, 0.15) is 33.9 Å². The molecule has 0 heterocycles. The highest BCUT2D eigenvalue weighted by Gasteiger charge is 2.11. The number of benzene rings is 2. The first kappa shape index (κ1) is 14.1. The van der Waals surface area contributed by atoms with Crippen LogP contribution in [0.3, 0.4) is 0 Å². The first-order chi connectivity index (χ1) is 8.97. The van der Waals surface area contributed by atoms with Crippen molar-refractivity contribution in [3.8, 4) is 0 Å². The molecule has 2 rings (SSSR count). The van der Waals surface area contributed by atoms with Crippen LogP contribution in [0, 0.1) is 20.8 Å². The zero-order valence-corrected chi connectivity index (χ0v) is 12.5. The topological polar surface area (TPSA) is 26.0 Å². The SMILES string of the molecule is Cc1cc(C)c(CC(N)c2cccc(Cl)c2)c(C)c1. The molecule has 0 aliphatic rings. The number of hydrogen-bond acceptors (Lipinski definition) is 1. The molecule has 0 bridgehead atoms. The van der Waals surface area contributed by atoms with Gasteiger partial charge in [0.25, 0.3) is 0 Å². The molecule has 1 nitrogen and oxygen atoms in total. The lowest BCUT2D eigenvalue weighted by molar-refractivity contribution is 0.715. The zero-order valence-electron chi connectivity index (χ0n) is 11.7. The van der Waals surface area contributed by atoms with Crippen molar-refractivity contribution in [3.05, 3.63) is 69.2 Å². The van der Waals surface area contributed by atoms with Crippen molar-refractivity contribution in [1.29, 1.82) is 0 Å². The molecule has 100 valence electrons. The van der Waals surface area contributed by atoms with Gasteiger partial charge >= 0.3 is 0 Å². The van der Waals surface area contributed by atoms with Gasteiger partial charge in [-0.1, -0.05) is 41.4 Å². The number of halogens is 1. The standard InChI is InChI=1S/C17H20ClN/c1-11-7-12(2)16(13(3)8-11)10-17(19)14-5-4-6-15(18)9-14/h4-9,17H,10,19H2,1-3H3. The predicted molar refractivity (Wildman–Crippen MR) is 82.7 cm³/mol. The highest BCUT2D eigenvalue weighted by Crippen LogP contribution is 2.24. The monoisotopic (exact) mass is 273 g/mol. The van der Waals surface area contributed by atoms with Crippen LogP contribution in [0.25, 0.3) is 0 Å². The first-order valence-electron chi connectivity index (χ1n) is 6.55. The van der Waals surface area contributed by atoms with Crippen LogP contribution >= 0.6 is 11.6 Å². The van der Waals surface area contributed by atoms with Gasteiger partial charge in [0, 0.05) is 11.1 Å². The minimum atomic E-state index is -0.0150. The molecule has 0 radical (unpaired) electrons. The van der Waals surface area contributed by atoms with Crippen molar-refractivity contribution in [3.63, 3.8) is 0 Å². The lowest BCUT2D eigenvalue weighted by Crippen LogP contribution is -2.14. The molecule has 2 aromatic rings. The number of nitrogens with two attached hydrogens (primary N) is 1. The Balaban J connectivity index is 2.26. The lowest BCUT2D eigenvalue weighted by Gasteiger charge is -2.17. The van der Waals surface area contributed by atoms with Gasteiger partial charge in [-0.05, 0) is 61.6 Å². The van der Waals surface area contributed by atoms with Crippen LogP contribution in [0.15, 0.2) is 36.4 Å². The molecule has 0 spiro atoms. The summed E-state index contributed by atoms with van der Waals surface area (Å²) in [5.41, 5.74) is 12.7. The molecule has 0 saturated heterocycles. The summed E-state index contributed by atoms with van der Waals surface area (Å²) in [5, 5.41) is 0.741. The maximum atomic E-state index is 6.31. The van der Waals surface area contributed by atoms with Crippen LogP contribution in [0.2, 0.25) is 5.02 Å². The fourth-order valence-electron chi connectivity index (χ4n) is 2.61. The molecule has 0 aromatic heterocycles. The van der Waals surface area contributed by atoms with Gasteiger partial charge in [-0.15, -0.1) is 0 Å². The minimum Gasteiger partial charge on any atom is -0.324 e. The average Bonchev–Trinajstić information content (AvgIpc) is 2.33. The van der Waals surface area contributed by atoms with E-state index < -0.39 is 0 Å². The van der Waals surface area contributed by atoms with E-state index in [1.165, 1.54) is 22.3 Å². The highest BCUT2D eigenvalue weighted by atomic mass is 35.5. The summed E-state index contributed by atoms with van der Waals surface area (Å²) >= 11 is 6.02. The van der Waals surface area contributed by atoms with Gasteiger partial charge in [0.15, 0.2) is 0 Å². The summed E-state index contributed by atoms with van der Waals surface area (Å²) in [6.45, 7) is 6.43. The lowest BCUT2D eigenvalue weighted by atomic mass is 9.92. The molecule has 1 unspecified atom stereocenters. The Morgan fingerprint density at radius 1 is 1.05 bits per heavy atom. The summed E-state index contributed by atoms with van der Waals surface area (Å²) in [6.07, 6.45) is 0.846. The minimum absolute atomic E-state index is 0.0150. The Morgan fingerprint density at radius 3 is 2.26 bits per heavy atom. The first-order valence-corrected chi connectivity index (χ1v) is 6.93. The van der Waals surface area contributed by atoms with Gasteiger partial charge in [-0.25, -0.2) is 0 Å². The largest absolute Gasteiger partial charge is 0.324 e.